The molecule has 1 N–H and O–H groups in total. The van der Waals surface area contributed by atoms with Crippen molar-refractivity contribution in [2.45, 2.75) is 45.6 Å². The quantitative estimate of drug-likeness (QED) is 0.513. The van der Waals surface area contributed by atoms with Crippen molar-refractivity contribution >= 4 is 27.2 Å². The zero-order valence-electron chi connectivity index (χ0n) is 17.2. The molecule has 0 bridgehead atoms. The number of aromatic nitrogens is 4. The van der Waals surface area contributed by atoms with Gasteiger partial charge in [0.25, 0.3) is 0 Å². The second kappa shape index (κ2) is 7.70. The van der Waals surface area contributed by atoms with E-state index in [1.165, 1.54) is 16.0 Å². The van der Waals surface area contributed by atoms with Crippen molar-refractivity contribution in [2.24, 2.45) is 0 Å². The molecule has 0 saturated carbocycles. The first-order chi connectivity index (χ1) is 14.5. The van der Waals surface area contributed by atoms with E-state index in [4.69, 9.17) is 9.72 Å². The van der Waals surface area contributed by atoms with Gasteiger partial charge in [0.2, 0.25) is 0 Å². The van der Waals surface area contributed by atoms with E-state index in [9.17, 15) is 5.11 Å². The van der Waals surface area contributed by atoms with Gasteiger partial charge in [-0.3, -0.25) is 4.90 Å². The summed E-state index contributed by atoms with van der Waals surface area (Å²) in [5.74, 6) is 0.736. The number of fused-ring (bicyclic) bond motifs is 5. The molecule has 5 rings (SSSR count). The minimum absolute atomic E-state index is 0.0964. The molecule has 3 aromatic heterocycles. The van der Waals surface area contributed by atoms with Crippen LogP contribution in [0, 0.1) is 0 Å². The lowest BCUT2D eigenvalue weighted by atomic mass is 9.94. The molecule has 0 saturated heterocycles. The molecule has 156 valence electrons. The van der Waals surface area contributed by atoms with E-state index in [-0.39, 0.29) is 12.2 Å². The van der Waals surface area contributed by atoms with E-state index >= 15 is 0 Å². The van der Waals surface area contributed by atoms with Crippen molar-refractivity contribution in [3.8, 4) is 0 Å². The van der Waals surface area contributed by atoms with Crippen LogP contribution in [0.4, 0.5) is 0 Å². The lowest BCUT2D eigenvalue weighted by molar-refractivity contribution is -0.0379. The SMILES string of the molecule is CC1(C)Cc2c(sc3ncn4nc(CN(CCO)Cc5ccccc5)nc4c23)CO1. The Labute approximate surface area is 179 Å². The Morgan fingerprint density at radius 2 is 2.07 bits per heavy atom. The first kappa shape index (κ1) is 19.6. The van der Waals surface area contributed by atoms with Crippen LogP contribution in [0.1, 0.15) is 35.7 Å². The zero-order valence-corrected chi connectivity index (χ0v) is 18.0. The van der Waals surface area contributed by atoms with E-state index < -0.39 is 0 Å². The Morgan fingerprint density at radius 3 is 2.87 bits per heavy atom. The second-order valence-electron chi connectivity index (χ2n) is 8.37. The van der Waals surface area contributed by atoms with E-state index in [1.807, 2.05) is 18.2 Å². The molecule has 8 heteroatoms. The summed E-state index contributed by atoms with van der Waals surface area (Å²) in [5.41, 5.74) is 3.16. The van der Waals surface area contributed by atoms with Gasteiger partial charge in [-0.15, -0.1) is 16.4 Å². The van der Waals surface area contributed by atoms with Crippen molar-refractivity contribution in [1.82, 2.24) is 24.5 Å². The number of aliphatic hydroxyl groups is 1. The van der Waals surface area contributed by atoms with Gasteiger partial charge in [-0.25, -0.2) is 14.5 Å². The molecular weight excluding hydrogens is 398 g/mol. The maximum absolute atomic E-state index is 9.52. The summed E-state index contributed by atoms with van der Waals surface area (Å²) in [5, 5.41) is 15.3. The number of rotatable bonds is 6. The van der Waals surface area contributed by atoms with E-state index in [2.05, 4.69) is 41.0 Å². The Bertz CT molecular complexity index is 1180. The normalized spacial score (nSPS) is 15.9. The van der Waals surface area contributed by atoms with Crippen molar-refractivity contribution in [3.05, 3.63) is 58.5 Å². The molecule has 0 spiro atoms. The maximum atomic E-state index is 9.52. The van der Waals surface area contributed by atoms with Gasteiger partial charge in [0, 0.05) is 24.4 Å². The largest absolute Gasteiger partial charge is 0.395 e. The van der Waals surface area contributed by atoms with Crippen LogP contribution in [-0.2, 0) is 30.9 Å². The average molecular weight is 424 g/mol. The highest BCUT2D eigenvalue weighted by molar-refractivity contribution is 7.19. The van der Waals surface area contributed by atoms with E-state index in [0.29, 0.717) is 19.7 Å². The third-order valence-electron chi connectivity index (χ3n) is 5.48. The van der Waals surface area contributed by atoms with Gasteiger partial charge in [-0.2, -0.15) is 0 Å². The van der Waals surface area contributed by atoms with Crippen LogP contribution in [0.5, 0.6) is 0 Å². The molecule has 1 aromatic carbocycles. The number of hydrogen-bond acceptors (Lipinski definition) is 7. The van der Waals surface area contributed by atoms with Crippen molar-refractivity contribution in [2.75, 3.05) is 13.2 Å². The molecule has 4 aromatic rings. The maximum Gasteiger partial charge on any atom is 0.168 e. The molecule has 0 unspecified atom stereocenters. The fraction of sp³-hybridized carbons (Fsp3) is 0.409. The standard InChI is InChI=1S/C22H25N5O2S/c1-22(2)10-16-17(13-29-22)30-21-19(16)20-24-18(25-27(20)14-23-21)12-26(8-9-28)11-15-6-4-3-5-7-15/h3-7,14,28H,8-13H2,1-2H3. The monoisotopic (exact) mass is 423 g/mol. The predicted molar refractivity (Wildman–Crippen MR) is 116 cm³/mol. The summed E-state index contributed by atoms with van der Waals surface area (Å²) in [6.07, 6.45) is 2.59. The van der Waals surface area contributed by atoms with Gasteiger partial charge in [0.05, 0.1) is 30.7 Å². The van der Waals surface area contributed by atoms with Crippen LogP contribution >= 0.6 is 11.3 Å². The van der Waals surface area contributed by atoms with Crippen LogP contribution in [-0.4, -0.2) is 48.3 Å². The molecule has 1 aliphatic heterocycles. The number of thiophene rings is 1. The van der Waals surface area contributed by atoms with Crippen LogP contribution < -0.4 is 0 Å². The third kappa shape index (κ3) is 3.72. The van der Waals surface area contributed by atoms with Crippen molar-refractivity contribution in [3.63, 3.8) is 0 Å². The smallest absolute Gasteiger partial charge is 0.168 e. The summed E-state index contributed by atoms with van der Waals surface area (Å²) < 4.78 is 7.77. The van der Waals surface area contributed by atoms with E-state index in [1.54, 1.807) is 22.2 Å². The molecule has 0 atom stereocenters. The van der Waals surface area contributed by atoms with Gasteiger partial charge < -0.3 is 9.84 Å². The Kier molecular flexibility index (Phi) is 5.02. The lowest BCUT2D eigenvalue weighted by Crippen LogP contribution is -2.31. The average Bonchev–Trinajstić information content (AvgIpc) is 3.28. The minimum atomic E-state index is -0.190. The Balaban J connectivity index is 1.49. The van der Waals surface area contributed by atoms with Crippen molar-refractivity contribution in [1.29, 1.82) is 0 Å². The van der Waals surface area contributed by atoms with Gasteiger partial charge in [0.15, 0.2) is 11.5 Å². The first-order valence-electron chi connectivity index (χ1n) is 10.2. The van der Waals surface area contributed by atoms with Crippen LogP contribution in [0.15, 0.2) is 36.7 Å². The first-order valence-corrected chi connectivity index (χ1v) is 11.0. The fourth-order valence-corrected chi connectivity index (χ4v) is 5.12. The number of benzene rings is 1. The summed E-state index contributed by atoms with van der Waals surface area (Å²) in [7, 11) is 0. The Morgan fingerprint density at radius 1 is 1.23 bits per heavy atom. The van der Waals surface area contributed by atoms with Crippen molar-refractivity contribution < 1.29 is 9.84 Å². The summed E-state index contributed by atoms with van der Waals surface area (Å²) in [6.45, 7) is 6.84. The fourth-order valence-electron chi connectivity index (χ4n) is 4.05. The summed E-state index contributed by atoms with van der Waals surface area (Å²) in [6, 6.07) is 10.3. The lowest BCUT2D eigenvalue weighted by Gasteiger charge is -2.30. The predicted octanol–water partition coefficient (Wildman–Crippen LogP) is 3.18. The highest BCUT2D eigenvalue weighted by atomic mass is 32.1. The zero-order chi connectivity index (χ0) is 20.7. The third-order valence-corrected chi connectivity index (χ3v) is 6.60. The molecule has 1 aliphatic rings. The van der Waals surface area contributed by atoms with Crippen LogP contribution in [0.3, 0.4) is 0 Å². The molecule has 4 heterocycles. The molecule has 7 nitrogen and oxygen atoms in total. The molecular formula is C22H25N5O2S. The highest BCUT2D eigenvalue weighted by Crippen LogP contribution is 2.39. The second-order valence-corrected chi connectivity index (χ2v) is 9.45. The highest BCUT2D eigenvalue weighted by Gasteiger charge is 2.30. The molecule has 0 fully saturated rings. The molecule has 0 radical (unpaired) electrons. The van der Waals surface area contributed by atoms with E-state index in [0.717, 1.165) is 34.7 Å². The summed E-state index contributed by atoms with van der Waals surface area (Å²) >= 11 is 1.69. The number of hydrogen-bond donors (Lipinski definition) is 1. The number of ether oxygens (including phenoxy) is 1. The Hall–Kier alpha value is -2.39. The number of aliphatic hydroxyl groups excluding tert-OH is 1. The van der Waals surface area contributed by atoms with Gasteiger partial charge >= 0.3 is 0 Å². The van der Waals surface area contributed by atoms with Gasteiger partial charge in [-0.1, -0.05) is 30.3 Å². The molecule has 30 heavy (non-hydrogen) atoms. The minimum Gasteiger partial charge on any atom is -0.395 e. The molecule has 0 amide bonds. The number of nitrogens with zero attached hydrogens (tertiary/aromatic N) is 5. The van der Waals surface area contributed by atoms with Crippen LogP contribution in [0.2, 0.25) is 0 Å². The van der Waals surface area contributed by atoms with Crippen LogP contribution in [0.25, 0.3) is 15.9 Å². The van der Waals surface area contributed by atoms with Gasteiger partial charge in [-0.05, 0) is 25.0 Å². The topological polar surface area (TPSA) is 75.8 Å². The van der Waals surface area contributed by atoms with Gasteiger partial charge in [0.1, 0.15) is 11.2 Å². The molecule has 0 aliphatic carbocycles. The summed E-state index contributed by atoms with van der Waals surface area (Å²) in [4.78, 5) is 13.9.